The van der Waals surface area contributed by atoms with Crippen molar-refractivity contribution in [1.82, 2.24) is 0 Å². The molecular weight excluding hydrogens is 511 g/mol. The SMILES string of the molecule is CCCCCCCCOC(CCCCCCCC)(CC(=O)[O-])C(=O)[O-].C[CH](C)[Sn+2][CH](C)C. The molecule has 0 radical (unpaired) electrons. The summed E-state index contributed by atoms with van der Waals surface area (Å²) >= 11 is 0.0389. The van der Waals surface area contributed by atoms with Gasteiger partial charge in [-0.2, -0.15) is 0 Å². The summed E-state index contributed by atoms with van der Waals surface area (Å²) in [6, 6.07) is 0. The molecule has 0 N–H and O–H groups in total. The van der Waals surface area contributed by atoms with Gasteiger partial charge in [0.05, 0.1) is 5.97 Å². The van der Waals surface area contributed by atoms with E-state index in [0.717, 1.165) is 52.8 Å². The van der Waals surface area contributed by atoms with Crippen LogP contribution in [0.25, 0.3) is 0 Å². The second-order valence-electron chi connectivity index (χ2n) is 9.44. The molecule has 0 aromatic rings. The number of unbranched alkanes of at least 4 members (excludes halogenated alkanes) is 10. The van der Waals surface area contributed by atoms with E-state index in [1.54, 1.807) is 0 Å². The van der Waals surface area contributed by atoms with Gasteiger partial charge in [0.25, 0.3) is 0 Å². The molecule has 0 saturated heterocycles. The molecule has 5 nitrogen and oxygen atoms in total. The predicted octanol–water partition coefficient (Wildman–Crippen LogP) is 5.09. The van der Waals surface area contributed by atoms with Crippen LogP contribution in [-0.4, -0.2) is 45.3 Å². The van der Waals surface area contributed by atoms with E-state index in [4.69, 9.17) is 4.74 Å². The average Bonchev–Trinajstić information content (AvgIpc) is 2.68. The molecule has 0 saturated carbocycles. The summed E-state index contributed by atoms with van der Waals surface area (Å²) in [5.41, 5.74) is -1.74. The van der Waals surface area contributed by atoms with Crippen LogP contribution in [0, 0.1) is 0 Å². The topological polar surface area (TPSA) is 89.5 Å². The fraction of sp³-hybridized carbons (Fsp3) is 0.923. The Labute approximate surface area is 208 Å². The Morgan fingerprint density at radius 2 is 1.19 bits per heavy atom. The van der Waals surface area contributed by atoms with Gasteiger partial charge in [-0.1, -0.05) is 84.5 Å². The first-order valence-electron chi connectivity index (χ1n) is 12.9. The van der Waals surface area contributed by atoms with Crippen LogP contribution in [0.5, 0.6) is 0 Å². The van der Waals surface area contributed by atoms with Crippen molar-refractivity contribution in [3.05, 3.63) is 0 Å². The molecule has 0 bridgehead atoms. The summed E-state index contributed by atoms with van der Waals surface area (Å²) in [7, 11) is 0. The predicted molar refractivity (Wildman–Crippen MR) is 131 cm³/mol. The van der Waals surface area contributed by atoms with E-state index >= 15 is 0 Å². The van der Waals surface area contributed by atoms with Crippen LogP contribution in [0.3, 0.4) is 0 Å². The molecule has 0 aliphatic carbocycles. The van der Waals surface area contributed by atoms with E-state index in [2.05, 4.69) is 41.5 Å². The molecule has 0 aliphatic heterocycles. The first-order chi connectivity index (χ1) is 15.1. The molecule has 0 aromatic carbocycles. The van der Waals surface area contributed by atoms with E-state index in [1.165, 1.54) is 25.7 Å². The Balaban J connectivity index is 0. The molecule has 0 fully saturated rings. The molecule has 0 rings (SSSR count). The Bertz CT molecular complexity index is 447. The van der Waals surface area contributed by atoms with Gasteiger partial charge >= 0.3 is 56.7 Å². The number of hydrogen-bond acceptors (Lipinski definition) is 5. The fourth-order valence-corrected chi connectivity index (χ4v) is 7.49. The molecule has 0 aromatic heterocycles. The average molecular weight is 561 g/mol. The van der Waals surface area contributed by atoms with Crippen molar-refractivity contribution < 1.29 is 24.5 Å². The van der Waals surface area contributed by atoms with Crippen molar-refractivity contribution in [2.45, 2.75) is 145 Å². The molecule has 32 heavy (non-hydrogen) atoms. The summed E-state index contributed by atoms with van der Waals surface area (Å²) in [4.78, 5) is 22.6. The molecule has 0 heterocycles. The molecular formula is C26H50O5Sn. The number of rotatable bonds is 20. The van der Waals surface area contributed by atoms with Gasteiger partial charge < -0.3 is 24.5 Å². The summed E-state index contributed by atoms with van der Waals surface area (Å²) in [5.74, 6) is -2.84. The van der Waals surface area contributed by atoms with Crippen LogP contribution in [-0.2, 0) is 14.3 Å². The molecule has 0 aliphatic rings. The van der Waals surface area contributed by atoms with Crippen molar-refractivity contribution in [1.29, 1.82) is 0 Å². The van der Waals surface area contributed by atoms with Crippen LogP contribution in [0.15, 0.2) is 0 Å². The number of carbonyl (C=O) groups excluding carboxylic acids is 2. The number of carboxylic acids is 2. The van der Waals surface area contributed by atoms with Gasteiger partial charge in [-0.05, 0) is 12.8 Å². The Morgan fingerprint density at radius 3 is 1.56 bits per heavy atom. The third-order valence-corrected chi connectivity index (χ3v) is 9.08. The van der Waals surface area contributed by atoms with Gasteiger partial charge in [0.15, 0.2) is 0 Å². The second kappa shape index (κ2) is 22.5. The van der Waals surface area contributed by atoms with Gasteiger partial charge in [-0.3, -0.25) is 0 Å². The fourth-order valence-electron chi connectivity index (χ4n) is 3.69. The molecule has 188 valence electrons. The van der Waals surface area contributed by atoms with Gasteiger partial charge in [0.1, 0.15) is 5.60 Å². The van der Waals surface area contributed by atoms with Crippen LogP contribution in [0.4, 0.5) is 0 Å². The van der Waals surface area contributed by atoms with Crippen molar-refractivity contribution >= 4 is 33.1 Å². The Hall–Kier alpha value is -0.301. The van der Waals surface area contributed by atoms with Crippen LogP contribution < -0.4 is 10.2 Å². The van der Waals surface area contributed by atoms with Crippen molar-refractivity contribution in [2.24, 2.45) is 0 Å². The van der Waals surface area contributed by atoms with E-state index in [-0.39, 0.29) is 34.2 Å². The number of carbonyl (C=O) groups is 2. The van der Waals surface area contributed by atoms with E-state index in [0.29, 0.717) is 6.42 Å². The zero-order valence-electron chi connectivity index (χ0n) is 21.8. The quantitative estimate of drug-likeness (QED) is 0.153. The summed E-state index contributed by atoms with van der Waals surface area (Å²) < 4.78 is 7.64. The Kier molecular flexibility index (Phi) is 23.8. The van der Waals surface area contributed by atoms with Crippen LogP contribution >= 0.6 is 0 Å². The van der Waals surface area contributed by atoms with Crippen molar-refractivity contribution in [3.63, 3.8) is 0 Å². The Morgan fingerprint density at radius 1 is 0.750 bits per heavy atom. The minimum absolute atomic E-state index is 0.0389. The van der Waals surface area contributed by atoms with Crippen molar-refractivity contribution in [2.75, 3.05) is 6.61 Å². The molecule has 1 atom stereocenters. The maximum absolute atomic E-state index is 11.6. The first-order valence-corrected chi connectivity index (χ1v) is 16.2. The summed E-state index contributed by atoms with van der Waals surface area (Å²) in [6.07, 6.45) is 11.8. The number of aliphatic carboxylic acids is 2. The van der Waals surface area contributed by atoms with Crippen LogP contribution in [0.2, 0.25) is 7.87 Å². The monoisotopic (exact) mass is 562 g/mol. The van der Waals surface area contributed by atoms with E-state index in [1.807, 2.05) is 0 Å². The molecule has 0 amide bonds. The number of hydrogen-bond donors (Lipinski definition) is 0. The van der Waals surface area contributed by atoms with Gasteiger partial charge in [0.2, 0.25) is 0 Å². The second-order valence-corrected chi connectivity index (χ2v) is 17.0. The number of carboxylic acid groups (broad SMARTS) is 2. The third kappa shape index (κ3) is 21.5. The maximum atomic E-state index is 11.6. The first kappa shape index (κ1) is 33.9. The van der Waals surface area contributed by atoms with Gasteiger partial charge in [-0.15, -0.1) is 0 Å². The van der Waals surface area contributed by atoms with Gasteiger partial charge in [-0.25, -0.2) is 0 Å². The van der Waals surface area contributed by atoms with Gasteiger partial charge in [0, 0.05) is 19.0 Å². The number of ether oxygens (including phenoxy) is 1. The minimum atomic E-state index is -1.74. The normalized spacial score (nSPS) is 12.8. The van der Waals surface area contributed by atoms with Crippen LogP contribution in [0.1, 0.15) is 131 Å². The standard InChI is InChI=1S/C20H38O5.2C3H7.Sn/c1-3-5-7-9-11-13-15-20(19(23)24,17-18(21)22)25-16-14-12-10-8-6-4-2;2*1-3-2;/h3-17H2,1-2H3,(H,21,22)(H,23,24);2*3H,1-2H3;/q;;;+2/p-2. The molecule has 0 spiro atoms. The summed E-state index contributed by atoms with van der Waals surface area (Å²) in [5, 5.41) is 22.6. The molecule has 1 unspecified atom stereocenters. The van der Waals surface area contributed by atoms with E-state index < -0.39 is 24.0 Å². The third-order valence-electron chi connectivity index (χ3n) is 5.28. The summed E-state index contributed by atoms with van der Waals surface area (Å²) in [6.45, 7) is 13.9. The zero-order valence-corrected chi connectivity index (χ0v) is 24.7. The van der Waals surface area contributed by atoms with E-state index in [9.17, 15) is 19.8 Å². The molecule has 6 heteroatoms. The zero-order chi connectivity index (χ0) is 24.8. The van der Waals surface area contributed by atoms with Crippen molar-refractivity contribution in [3.8, 4) is 0 Å².